The number of fused-ring (bicyclic) bond motifs is 6. The van der Waals surface area contributed by atoms with Crippen molar-refractivity contribution in [3.63, 3.8) is 0 Å². The Hall–Kier alpha value is -5.68. The number of aromatic nitrogens is 4. The minimum atomic E-state index is -1.23. The number of H-pyrrole nitrogens is 2. The van der Waals surface area contributed by atoms with Crippen molar-refractivity contribution in [1.82, 2.24) is 40.4 Å². The minimum absolute atomic E-state index is 0.0747. The van der Waals surface area contributed by atoms with Crippen LogP contribution in [0.25, 0.3) is 44.2 Å². The van der Waals surface area contributed by atoms with Crippen molar-refractivity contribution in [1.29, 1.82) is 0 Å². The molecule has 0 bridgehead atoms. The highest BCUT2D eigenvalue weighted by molar-refractivity contribution is 9.10. The number of imidazole rings is 2. The van der Waals surface area contributed by atoms with E-state index in [-0.39, 0.29) is 47.7 Å². The van der Waals surface area contributed by atoms with E-state index in [0.717, 1.165) is 56.2 Å². The number of methoxy groups -OCH3 is 2. The third-order valence-corrected chi connectivity index (χ3v) is 13.7. The Balaban J connectivity index is 1.07. The molecule has 0 spiro atoms. The number of ether oxygens (including phenoxy) is 3. The Morgan fingerprint density at radius 3 is 2.44 bits per heavy atom. The molecular formula is C46H55BrN8O8. The van der Waals surface area contributed by atoms with Gasteiger partial charge in [0.1, 0.15) is 46.4 Å². The highest BCUT2D eigenvalue weighted by Crippen LogP contribution is 2.45. The van der Waals surface area contributed by atoms with Crippen LogP contribution in [0.4, 0.5) is 9.59 Å². The van der Waals surface area contributed by atoms with Crippen LogP contribution in [-0.2, 0) is 25.7 Å². The Bertz CT molecular complexity index is 2570. The van der Waals surface area contributed by atoms with Gasteiger partial charge in [-0.1, -0.05) is 52.3 Å². The molecule has 16 nitrogen and oxygen atoms in total. The zero-order chi connectivity index (χ0) is 44.9. The lowest BCUT2D eigenvalue weighted by Gasteiger charge is -2.32. The first-order valence-corrected chi connectivity index (χ1v) is 22.4. The number of nitrogens with zero attached hydrogens (tertiary/aromatic N) is 4. The summed E-state index contributed by atoms with van der Waals surface area (Å²) in [5, 5.41) is 16.6. The maximum absolute atomic E-state index is 14.2. The molecule has 2 saturated heterocycles. The summed E-state index contributed by atoms with van der Waals surface area (Å²) in [5.74, 6) is 1.35. The predicted molar refractivity (Wildman–Crippen MR) is 240 cm³/mol. The lowest BCUT2D eigenvalue weighted by atomic mass is 9.92. The number of hydrogen-bond donors (Lipinski definition) is 5. The molecule has 3 aliphatic heterocycles. The van der Waals surface area contributed by atoms with E-state index in [1.54, 1.807) is 16.9 Å². The van der Waals surface area contributed by atoms with Crippen molar-refractivity contribution in [2.75, 3.05) is 27.4 Å². The Morgan fingerprint density at radius 2 is 1.73 bits per heavy atom. The summed E-state index contributed by atoms with van der Waals surface area (Å²) in [6, 6.07) is 12.1. The number of alkyl carbamates (subject to hydrolysis) is 1. The summed E-state index contributed by atoms with van der Waals surface area (Å²) in [5.41, 5.74) is 6.20. The van der Waals surface area contributed by atoms with Gasteiger partial charge < -0.3 is 49.7 Å². The number of hydrogen-bond acceptors (Lipinski definition) is 9. The topological polar surface area (TPSA) is 204 Å². The first-order chi connectivity index (χ1) is 30.2. The number of aromatic amines is 2. The first kappa shape index (κ1) is 43.9. The van der Waals surface area contributed by atoms with Crippen molar-refractivity contribution >= 4 is 61.7 Å². The number of carbonyl (C=O) groups excluding carboxylic acids is 3. The highest BCUT2D eigenvalue weighted by Gasteiger charge is 2.43. The quantitative estimate of drug-likeness (QED) is 0.0814. The summed E-state index contributed by atoms with van der Waals surface area (Å²) in [6.45, 7) is 10.9. The van der Waals surface area contributed by atoms with Crippen LogP contribution in [-0.4, -0.2) is 104 Å². The average molecular weight is 928 g/mol. The zero-order valence-electron chi connectivity index (χ0n) is 36.6. The van der Waals surface area contributed by atoms with Crippen molar-refractivity contribution in [2.45, 2.75) is 97.1 Å². The van der Waals surface area contributed by atoms with E-state index in [2.05, 4.69) is 60.8 Å². The first-order valence-electron chi connectivity index (χ1n) is 21.6. The summed E-state index contributed by atoms with van der Waals surface area (Å²) in [4.78, 5) is 72.6. The standard InChI is InChI=1S/C46H55BrN8O8/c1-8-23(4)37(52-46(60)62-7)43(56)54-19-25(20-61-6)15-34(54)42-49-38(40(47)53-42)27-10-12-29-28(16-27)21-63-35-18-30-26(17-31(29)35)11-13-32-39(30)50-41(48-32)33-14-9-24(5)55(33)44(57)36(22(2)3)51-45(58)59/h10-13,16-18,22-25,33-34,36-37,51H,8-9,14-15,19-21H2,1-7H3,(H,48,50)(H,49,53)(H,52,60)(H,58,59)/t23-,24-,25-,33-,34-,36-,37-/m0/s1. The molecule has 0 radical (unpaired) electrons. The van der Waals surface area contributed by atoms with Crippen LogP contribution >= 0.6 is 15.9 Å². The van der Waals surface area contributed by atoms with E-state index < -0.39 is 24.3 Å². The van der Waals surface area contributed by atoms with E-state index in [1.165, 1.54) is 7.11 Å². The van der Waals surface area contributed by atoms with Gasteiger partial charge in [0.15, 0.2) is 0 Å². The summed E-state index contributed by atoms with van der Waals surface area (Å²) >= 11 is 3.73. The molecule has 5 aromatic rings. The number of benzene rings is 3. The molecular weight excluding hydrogens is 872 g/mol. The molecule has 5 heterocycles. The van der Waals surface area contributed by atoms with Gasteiger partial charge in [-0.15, -0.1) is 0 Å². The number of carboxylic acid groups (broad SMARTS) is 1. The molecule has 0 aliphatic carbocycles. The highest BCUT2D eigenvalue weighted by atomic mass is 79.9. The Kier molecular flexibility index (Phi) is 12.4. The summed E-state index contributed by atoms with van der Waals surface area (Å²) in [6.07, 6.45) is 0.940. The lowest BCUT2D eigenvalue weighted by molar-refractivity contribution is -0.137. The van der Waals surface area contributed by atoms with Crippen LogP contribution in [0.1, 0.15) is 89.6 Å². The predicted octanol–water partition coefficient (Wildman–Crippen LogP) is 8.08. The molecule has 3 aliphatic rings. The Labute approximate surface area is 374 Å². The summed E-state index contributed by atoms with van der Waals surface area (Å²) < 4.78 is 17.5. The maximum atomic E-state index is 14.2. The minimum Gasteiger partial charge on any atom is -0.488 e. The molecule has 2 aromatic heterocycles. The van der Waals surface area contributed by atoms with E-state index >= 15 is 0 Å². The lowest BCUT2D eigenvalue weighted by Crippen LogP contribution is -2.52. The molecule has 63 heavy (non-hydrogen) atoms. The molecule has 4 amide bonds. The van der Waals surface area contributed by atoms with Gasteiger partial charge in [0.2, 0.25) is 11.8 Å². The monoisotopic (exact) mass is 926 g/mol. The van der Waals surface area contributed by atoms with Crippen LogP contribution in [0.5, 0.6) is 5.75 Å². The number of nitrogens with one attached hydrogen (secondary N) is 4. The van der Waals surface area contributed by atoms with Crippen LogP contribution in [0.3, 0.4) is 0 Å². The fraction of sp³-hybridized carbons (Fsp3) is 0.478. The van der Waals surface area contributed by atoms with Crippen molar-refractivity contribution in [3.05, 3.63) is 64.3 Å². The molecule has 334 valence electrons. The van der Waals surface area contributed by atoms with E-state index in [9.17, 15) is 24.3 Å². The van der Waals surface area contributed by atoms with Gasteiger partial charge in [0, 0.05) is 42.1 Å². The van der Waals surface area contributed by atoms with Crippen molar-refractivity contribution < 1.29 is 38.5 Å². The molecule has 2 fully saturated rings. The third kappa shape index (κ3) is 8.32. The second-order valence-corrected chi connectivity index (χ2v) is 18.3. The van der Waals surface area contributed by atoms with Crippen molar-refractivity contribution in [3.8, 4) is 28.1 Å². The number of halogens is 1. The van der Waals surface area contributed by atoms with Gasteiger partial charge in [-0.3, -0.25) is 9.59 Å². The summed E-state index contributed by atoms with van der Waals surface area (Å²) in [7, 11) is 2.94. The van der Waals surface area contributed by atoms with Gasteiger partial charge in [0.05, 0.1) is 36.8 Å². The number of likely N-dealkylation sites (tertiary alicyclic amines) is 2. The zero-order valence-corrected chi connectivity index (χ0v) is 38.2. The van der Waals surface area contributed by atoms with Gasteiger partial charge in [-0.05, 0) is 94.7 Å². The van der Waals surface area contributed by atoms with Crippen LogP contribution in [0.15, 0.2) is 47.1 Å². The second kappa shape index (κ2) is 17.8. The van der Waals surface area contributed by atoms with Gasteiger partial charge in [-0.25, -0.2) is 19.6 Å². The smallest absolute Gasteiger partial charge is 0.407 e. The molecule has 3 aromatic carbocycles. The normalized spacial score (nSPS) is 20.9. The number of rotatable bonds is 12. The van der Waals surface area contributed by atoms with E-state index in [1.807, 2.05) is 52.8 Å². The molecule has 5 N–H and O–H groups in total. The van der Waals surface area contributed by atoms with Gasteiger partial charge in [0.25, 0.3) is 0 Å². The van der Waals surface area contributed by atoms with E-state index in [4.69, 9.17) is 24.2 Å². The molecule has 7 atom stereocenters. The average Bonchev–Trinajstić information content (AvgIpc) is 4.07. The number of carbonyl (C=O) groups is 4. The fourth-order valence-corrected chi connectivity index (χ4v) is 10.1. The Morgan fingerprint density at radius 1 is 0.952 bits per heavy atom. The molecule has 0 saturated carbocycles. The third-order valence-electron chi connectivity index (χ3n) is 13.1. The van der Waals surface area contributed by atoms with Gasteiger partial charge >= 0.3 is 12.2 Å². The number of amides is 4. The molecule has 17 heteroatoms. The van der Waals surface area contributed by atoms with Gasteiger partial charge in [-0.2, -0.15) is 0 Å². The fourth-order valence-electron chi connectivity index (χ4n) is 9.59. The van der Waals surface area contributed by atoms with E-state index in [0.29, 0.717) is 61.0 Å². The largest absolute Gasteiger partial charge is 0.488 e. The SMILES string of the molecule is CC[C@H](C)[C@H](NC(=O)OC)C(=O)N1C[C@@H](COC)C[C@H]1c1nc(-c2ccc3c(c2)COc2cc4c(ccc5[nH]c([C@@H]6CC[C@H](C)N6C(=O)[C@@H](NC(=O)O)C(C)C)nc54)cc2-3)c(Br)[nH]1. The van der Waals surface area contributed by atoms with Crippen LogP contribution < -0.4 is 15.4 Å². The molecule has 0 unspecified atom stereocenters. The molecule has 8 rings (SSSR count). The van der Waals surface area contributed by atoms with Crippen LogP contribution in [0.2, 0.25) is 0 Å². The van der Waals surface area contributed by atoms with Crippen molar-refractivity contribution in [2.24, 2.45) is 17.8 Å². The maximum Gasteiger partial charge on any atom is 0.407 e. The van der Waals surface area contributed by atoms with Crippen LogP contribution in [0, 0.1) is 17.8 Å². The second-order valence-electron chi connectivity index (χ2n) is 17.5.